The van der Waals surface area contributed by atoms with Crippen LogP contribution < -0.4 is 4.74 Å². The molecule has 182 valence electrons. The molecule has 2 aromatic carbocycles. The van der Waals surface area contributed by atoms with Crippen LogP contribution in [0.25, 0.3) is 0 Å². The van der Waals surface area contributed by atoms with Crippen LogP contribution in [-0.4, -0.2) is 24.8 Å². The molecule has 4 atom stereocenters. The number of carbonyl (C=O) groups excluding carboxylic acids is 2. The van der Waals surface area contributed by atoms with E-state index in [2.05, 4.69) is 6.07 Å². The molecule has 2 aromatic rings. The lowest BCUT2D eigenvalue weighted by Crippen LogP contribution is -2.24. The highest BCUT2D eigenvalue weighted by atomic mass is 16.7. The maximum atomic E-state index is 12.9. The van der Waals surface area contributed by atoms with Gasteiger partial charge in [0.1, 0.15) is 17.6 Å². The van der Waals surface area contributed by atoms with E-state index >= 15 is 0 Å². The number of hydrogen-bond acceptors (Lipinski definition) is 7. The van der Waals surface area contributed by atoms with Crippen molar-refractivity contribution >= 4 is 11.9 Å². The Morgan fingerprint density at radius 1 is 1.11 bits per heavy atom. The van der Waals surface area contributed by atoms with Gasteiger partial charge in [0.05, 0.1) is 12.5 Å². The number of esters is 2. The third-order valence-corrected chi connectivity index (χ3v) is 6.48. The summed E-state index contributed by atoms with van der Waals surface area (Å²) in [5.74, 6) is -0.415. The highest BCUT2D eigenvalue weighted by Gasteiger charge is 2.61. The minimum atomic E-state index is -1.07. The van der Waals surface area contributed by atoms with Crippen molar-refractivity contribution in [2.24, 2.45) is 17.3 Å². The number of nitriles is 1. The molecule has 1 saturated heterocycles. The summed E-state index contributed by atoms with van der Waals surface area (Å²) >= 11 is 0. The number of ether oxygens (including phenoxy) is 4. The average Bonchev–Trinajstić information content (AvgIpc) is 3.42. The van der Waals surface area contributed by atoms with E-state index in [9.17, 15) is 14.9 Å². The van der Waals surface area contributed by atoms with Gasteiger partial charge in [0.2, 0.25) is 12.4 Å². The van der Waals surface area contributed by atoms with Crippen molar-refractivity contribution in [2.45, 2.75) is 45.5 Å². The maximum absolute atomic E-state index is 12.9. The predicted octanol–water partition coefficient (Wildman–Crippen LogP) is 5.48. The molecule has 2 fully saturated rings. The van der Waals surface area contributed by atoms with Crippen LogP contribution >= 0.6 is 0 Å². The van der Waals surface area contributed by atoms with Gasteiger partial charge in [-0.1, -0.05) is 50.3 Å². The van der Waals surface area contributed by atoms with E-state index in [1.54, 1.807) is 30.3 Å². The molecule has 7 nitrogen and oxygen atoms in total. The van der Waals surface area contributed by atoms with Gasteiger partial charge in [0, 0.05) is 18.1 Å². The molecule has 0 bridgehead atoms. The molecule has 1 aliphatic carbocycles. The monoisotopic (exact) mass is 475 g/mol. The molecule has 2 unspecified atom stereocenters. The summed E-state index contributed by atoms with van der Waals surface area (Å²) in [7, 11) is 0. The quantitative estimate of drug-likeness (QED) is 0.368. The van der Waals surface area contributed by atoms with Crippen LogP contribution in [0.3, 0.4) is 0 Å². The number of rotatable bonds is 8. The predicted molar refractivity (Wildman–Crippen MR) is 127 cm³/mol. The molecule has 1 aliphatic heterocycles. The van der Waals surface area contributed by atoms with Crippen molar-refractivity contribution in [1.82, 2.24) is 0 Å². The topological polar surface area (TPSA) is 94.9 Å². The molecule has 0 radical (unpaired) electrons. The Kier molecular flexibility index (Phi) is 7.52. The number of nitrogens with zero attached hydrogens (tertiary/aromatic N) is 1. The van der Waals surface area contributed by atoms with Crippen molar-refractivity contribution in [2.75, 3.05) is 6.61 Å². The highest BCUT2D eigenvalue weighted by molar-refractivity contribution is 5.83. The minimum Gasteiger partial charge on any atom is -0.457 e. The number of para-hydroxylation sites is 1. The molecule has 35 heavy (non-hydrogen) atoms. The van der Waals surface area contributed by atoms with Crippen molar-refractivity contribution in [3.63, 3.8) is 0 Å². The second-order valence-electron chi connectivity index (χ2n) is 9.35. The van der Waals surface area contributed by atoms with Crippen molar-refractivity contribution in [3.8, 4) is 17.6 Å². The Morgan fingerprint density at radius 3 is 2.60 bits per heavy atom. The third-order valence-electron chi connectivity index (χ3n) is 6.48. The van der Waals surface area contributed by atoms with Crippen LogP contribution in [0.2, 0.25) is 0 Å². The van der Waals surface area contributed by atoms with Crippen LogP contribution in [-0.2, 0) is 23.8 Å². The molecular formula is C28H29NO6. The van der Waals surface area contributed by atoms with E-state index < -0.39 is 35.7 Å². The van der Waals surface area contributed by atoms with Gasteiger partial charge in [-0.15, -0.1) is 0 Å². The zero-order valence-corrected chi connectivity index (χ0v) is 19.9. The molecular weight excluding hydrogens is 446 g/mol. The largest absolute Gasteiger partial charge is 0.457 e. The summed E-state index contributed by atoms with van der Waals surface area (Å²) in [6.45, 7) is 4.45. The molecule has 0 aromatic heterocycles. The number of benzene rings is 2. The van der Waals surface area contributed by atoms with Crippen LogP contribution in [0, 0.1) is 28.6 Å². The fourth-order valence-electron chi connectivity index (χ4n) is 4.37. The van der Waals surface area contributed by atoms with E-state index in [4.69, 9.17) is 18.9 Å². The normalized spacial score (nSPS) is 23.6. The molecule has 0 amide bonds. The van der Waals surface area contributed by atoms with Crippen LogP contribution in [0.4, 0.5) is 0 Å². The second kappa shape index (κ2) is 10.7. The van der Waals surface area contributed by atoms with E-state index in [0.29, 0.717) is 30.1 Å². The van der Waals surface area contributed by atoms with Gasteiger partial charge in [0.25, 0.3) is 0 Å². The van der Waals surface area contributed by atoms with Crippen molar-refractivity contribution in [3.05, 3.63) is 72.3 Å². The van der Waals surface area contributed by atoms with Crippen molar-refractivity contribution < 1.29 is 28.5 Å². The summed E-state index contributed by atoms with van der Waals surface area (Å²) in [5.41, 5.74) is 0.129. The first-order valence-electron chi connectivity index (χ1n) is 11.8. The fraction of sp³-hybridized carbons (Fsp3) is 0.393. The van der Waals surface area contributed by atoms with Gasteiger partial charge in [0.15, 0.2) is 0 Å². The molecule has 0 N–H and O–H groups in total. The average molecular weight is 476 g/mol. The lowest BCUT2D eigenvalue weighted by molar-refractivity contribution is -0.181. The van der Waals surface area contributed by atoms with E-state index in [1.165, 1.54) is 6.08 Å². The Morgan fingerprint density at radius 2 is 1.89 bits per heavy atom. The van der Waals surface area contributed by atoms with Gasteiger partial charge in [-0.25, -0.2) is 4.79 Å². The molecule has 1 saturated carbocycles. The second-order valence-corrected chi connectivity index (χ2v) is 9.35. The molecule has 1 heterocycles. The van der Waals surface area contributed by atoms with Gasteiger partial charge in [-0.05, 0) is 48.4 Å². The van der Waals surface area contributed by atoms with Gasteiger partial charge >= 0.3 is 11.9 Å². The van der Waals surface area contributed by atoms with E-state index in [1.807, 2.05) is 44.2 Å². The van der Waals surface area contributed by atoms with Gasteiger partial charge in [-0.3, -0.25) is 4.79 Å². The summed E-state index contributed by atoms with van der Waals surface area (Å²) in [5, 5.41) is 9.68. The zero-order valence-electron chi connectivity index (χ0n) is 19.9. The fourth-order valence-corrected chi connectivity index (χ4v) is 4.37. The molecule has 0 spiro atoms. The smallest absolute Gasteiger partial charge is 0.332 e. The standard InChI is InChI=1S/C28H29NO6/c1-28(2)22(14-15-24(30)35-25-13-6-7-16-32-25)26(28)27(31)34-23(18-29)19-9-8-12-21(17-19)33-20-10-4-3-5-11-20/h3-5,8-12,14-15,17,22-23,25-26H,6-7,13,16H2,1-2H3/b15-14-/t22-,23?,25?,26-/m0/s1. The lowest BCUT2D eigenvalue weighted by atomic mass is 10.1. The Bertz CT molecular complexity index is 1110. The number of allylic oxidation sites excluding steroid dienone is 1. The van der Waals surface area contributed by atoms with Gasteiger partial charge < -0.3 is 18.9 Å². The van der Waals surface area contributed by atoms with E-state index in [0.717, 1.165) is 12.8 Å². The summed E-state index contributed by atoms with van der Waals surface area (Å²) in [6.07, 6.45) is 4.08. The minimum absolute atomic E-state index is 0.193. The van der Waals surface area contributed by atoms with Crippen LogP contribution in [0.5, 0.6) is 11.5 Å². The molecule has 7 heteroatoms. The Labute approximate surface area is 205 Å². The van der Waals surface area contributed by atoms with Crippen LogP contribution in [0.15, 0.2) is 66.7 Å². The summed E-state index contributed by atoms with van der Waals surface area (Å²) < 4.78 is 22.1. The molecule has 2 aliphatic rings. The van der Waals surface area contributed by atoms with Crippen molar-refractivity contribution in [1.29, 1.82) is 5.26 Å². The number of carbonyl (C=O) groups is 2. The Balaban J connectivity index is 1.36. The summed E-state index contributed by atoms with van der Waals surface area (Å²) in [4.78, 5) is 25.1. The summed E-state index contributed by atoms with van der Waals surface area (Å²) in [6, 6.07) is 18.3. The first kappa shape index (κ1) is 24.5. The lowest BCUT2D eigenvalue weighted by Gasteiger charge is -2.21. The van der Waals surface area contributed by atoms with Gasteiger partial charge in [-0.2, -0.15) is 5.26 Å². The van der Waals surface area contributed by atoms with Crippen LogP contribution in [0.1, 0.15) is 44.8 Å². The van der Waals surface area contributed by atoms with E-state index in [-0.39, 0.29) is 5.92 Å². The maximum Gasteiger partial charge on any atom is 0.332 e. The SMILES string of the molecule is CC1(C)[C@H](C(=O)OC(C#N)c2cccc(Oc3ccccc3)c2)[C@@H]1/C=C\C(=O)OC1CCCCO1. The third kappa shape index (κ3) is 6.09. The highest BCUT2D eigenvalue weighted by Crippen LogP contribution is 2.59. The molecule has 4 rings (SSSR count). The Hall–Kier alpha value is -3.63. The first-order chi connectivity index (χ1) is 16.9. The zero-order chi connectivity index (χ0) is 24.8. The number of hydrogen-bond donors (Lipinski definition) is 0. The first-order valence-corrected chi connectivity index (χ1v) is 11.8.